The van der Waals surface area contributed by atoms with Crippen molar-refractivity contribution in [1.82, 2.24) is 9.97 Å². The van der Waals surface area contributed by atoms with Gasteiger partial charge in [-0.25, -0.2) is 17.8 Å². The summed E-state index contributed by atoms with van der Waals surface area (Å²) in [6, 6.07) is -0.199. The Hall–Kier alpha value is -1.44. The van der Waals surface area contributed by atoms with Crippen molar-refractivity contribution in [1.29, 1.82) is 0 Å². The molecule has 0 spiro atoms. The van der Waals surface area contributed by atoms with Crippen LogP contribution in [0.5, 0.6) is 0 Å². The van der Waals surface area contributed by atoms with E-state index in [1.807, 2.05) is 0 Å². The molecular formula is C10H15FN4O2S. The molecule has 1 atom stereocenters. The number of sulfone groups is 1. The van der Waals surface area contributed by atoms with Crippen LogP contribution in [0.4, 0.5) is 16.2 Å². The molecule has 2 rings (SSSR count). The van der Waals surface area contributed by atoms with Crippen molar-refractivity contribution in [3.8, 4) is 0 Å². The molecule has 1 saturated heterocycles. The van der Waals surface area contributed by atoms with Crippen molar-refractivity contribution in [3.63, 3.8) is 0 Å². The minimum Gasteiger partial charge on any atom is -0.360 e. The Balaban J connectivity index is 2.13. The summed E-state index contributed by atoms with van der Waals surface area (Å²) >= 11 is 0. The van der Waals surface area contributed by atoms with Crippen LogP contribution in [-0.2, 0) is 9.84 Å². The Morgan fingerprint density at radius 1 is 1.50 bits per heavy atom. The normalized spacial score (nSPS) is 21.8. The Bertz CT molecular complexity index is 547. The molecule has 1 aliphatic heterocycles. The molecule has 100 valence electrons. The van der Waals surface area contributed by atoms with Crippen LogP contribution < -0.4 is 10.2 Å². The highest BCUT2D eigenvalue weighted by Gasteiger charge is 2.28. The second kappa shape index (κ2) is 4.68. The quantitative estimate of drug-likeness (QED) is 0.853. The van der Waals surface area contributed by atoms with E-state index in [4.69, 9.17) is 0 Å². The van der Waals surface area contributed by atoms with Gasteiger partial charge >= 0.3 is 0 Å². The van der Waals surface area contributed by atoms with Gasteiger partial charge in [0.2, 0.25) is 5.95 Å². The topological polar surface area (TPSA) is 75.2 Å². The first-order valence-corrected chi connectivity index (χ1v) is 7.36. The first-order valence-electron chi connectivity index (χ1n) is 5.54. The van der Waals surface area contributed by atoms with Gasteiger partial charge in [-0.05, 0) is 6.42 Å². The number of halogens is 1. The molecule has 8 heteroatoms. The second-order valence-corrected chi connectivity index (χ2v) is 6.73. The molecule has 1 aromatic rings. The van der Waals surface area contributed by atoms with Crippen molar-refractivity contribution >= 4 is 21.6 Å². The largest absolute Gasteiger partial charge is 0.360 e. The predicted octanol–water partition coefficient (Wildman–Crippen LogP) is 0.281. The average molecular weight is 274 g/mol. The van der Waals surface area contributed by atoms with Gasteiger partial charge in [0.05, 0.1) is 17.7 Å². The Labute approximate surface area is 105 Å². The average Bonchev–Trinajstić information content (AvgIpc) is 2.60. The van der Waals surface area contributed by atoms with Crippen LogP contribution in [0.2, 0.25) is 0 Å². The van der Waals surface area contributed by atoms with Crippen LogP contribution in [-0.4, -0.2) is 50.0 Å². The van der Waals surface area contributed by atoms with Crippen LogP contribution in [0.3, 0.4) is 0 Å². The molecule has 6 nitrogen and oxygen atoms in total. The zero-order valence-electron chi connectivity index (χ0n) is 10.2. The van der Waals surface area contributed by atoms with Crippen LogP contribution in [0.25, 0.3) is 0 Å². The van der Waals surface area contributed by atoms with Gasteiger partial charge in [-0.2, -0.15) is 4.98 Å². The van der Waals surface area contributed by atoms with Gasteiger partial charge in [-0.15, -0.1) is 0 Å². The number of rotatable bonds is 3. The fraction of sp³-hybridized carbons (Fsp3) is 0.600. The molecule has 1 unspecified atom stereocenters. The fourth-order valence-corrected chi connectivity index (χ4v) is 3.51. The van der Waals surface area contributed by atoms with Crippen LogP contribution in [0, 0.1) is 5.82 Å². The standard InChI is InChI=1S/C10H15FN4O2S/c1-15(2)9-8(11)5-12-10(14-9)13-7-3-4-18(16,17)6-7/h5,7H,3-4,6H2,1-2H3,(H,12,13,14). The molecular weight excluding hydrogens is 259 g/mol. The smallest absolute Gasteiger partial charge is 0.225 e. The van der Waals surface area contributed by atoms with E-state index in [1.165, 1.54) is 4.90 Å². The molecule has 1 aromatic heterocycles. The van der Waals surface area contributed by atoms with Gasteiger partial charge in [-0.1, -0.05) is 0 Å². The van der Waals surface area contributed by atoms with Crippen molar-refractivity contribution in [2.75, 3.05) is 35.8 Å². The summed E-state index contributed by atoms with van der Waals surface area (Å²) in [4.78, 5) is 9.37. The van der Waals surface area contributed by atoms with Crippen molar-refractivity contribution in [2.24, 2.45) is 0 Å². The van der Waals surface area contributed by atoms with E-state index in [0.717, 1.165) is 6.20 Å². The number of nitrogens with zero attached hydrogens (tertiary/aromatic N) is 3. The van der Waals surface area contributed by atoms with Crippen LogP contribution in [0.1, 0.15) is 6.42 Å². The maximum Gasteiger partial charge on any atom is 0.225 e. The summed E-state index contributed by atoms with van der Waals surface area (Å²) in [6.07, 6.45) is 1.61. The summed E-state index contributed by atoms with van der Waals surface area (Å²) in [7, 11) is 0.399. The van der Waals surface area contributed by atoms with Crippen molar-refractivity contribution in [3.05, 3.63) is 12.0 Å². The highest BCUT2D eigenvalue weighted by molar-refractivity contribution is 7.91. The molecule has 1 aliphatic rings. The van der Waals surface area contributed by atoms with E-state index in [2.05, 4.69) is 15.3 Å². The van der Waals surface area contributed by atoms with Gasteiger partial charge in [0.1, 0.15) is 0 Å². The lowest BCUT2D eigenvalue weighted by molar-refractivity contribution is 0.601. The van der Waals surface area contributed by atoms with E-state index in [0.29, 0.717) is 6.42 Å². The maximum absolute atomic E-state index is 13.4. The summed E-state index contributed by atoms with van der Waals surface area (Å²) in [6.45, 7) is 0. The lowest BCUT2D eigenvalue weighted by Crippen LogP contribution is -2.23. The van der Waals surface area contributed by atoms with E-state index < -0.39 is 15.7 Å². The highest BCUT2D eigenvalue weighted by Crippen LogP contribution is 2.18. The molecule has 0 amide bonds. The third-order valence-corrected chi connectivity index (χ3v) is 4.48. The molecule has 18 heavy (non-hydrogen) atoms. The van der Waals surface area contributed by atoms with Crippen LogP contribution in [0.15, 0.2) is 6.20 Å². The van der Waals surface area contributed by atoms with E-state index >= 15 is 0 Å². The summed E-state index contributed by atoms with van der Waals surface area (Å²) in [5.41, 5.74) is 0. The molecule has 0 radical (unpaired) electrons. The zero-order valence-corrected chi connectivity index (χ0v) is 11.0. The molecule has 1 N–H and O–H groups in total. The van der Waals surface area contributed by atoms with E-state index in [1.54, 1.807) is 14.1 Å². The first kappa shape index (κ1) is 13.0. The molecule has 1 fully saturated rings. The number of nitrogens with one attached hydrogen (secondary N) is 1. The Morgan fingerprint density at radius 2 is 2.22 bits per heavy atom. The summed E-state index contributed by atoms with van der Waals surface area (Å²) in [5.74, 6) is 0.164. The first-order chi connectivity index (χ1) is 8.37. The lowest BCUT2D eigenvalue weighted by Gasteiger charge is -2.15. The molecule has 0 bridgehead atoms. The molecule has 2 heterocycles. The third-order valence-electron chi connectivity index (χ3n) is 2.71. The van der Waals surface area contributed by atoms with Crippen LogP contribution >= 0.6 is 0 Å². The van der Waals surface area contributed by atoms with E-state index in [9.17, 15) is 12.8 Å². The van der Waals surface area contributed by atoms with Crippen molar-refractivity contribution in [2.45, 2.75) is 12.5 Å². The minimum absolute atomic E-state index is 0.0744. The SMILES string of the molecule is CN(C)c1nc(NC2CCS(=O)(=O)C2)ncc1F. The van der Waals surface area contributed by atoms with Gasteiger partial charge < -0.3 is 10.2 Å². The molecule has 0 aromatic carbocycles. The van der Waals surface area contributed by atoms with Gasteiger partial charge in [0, 0.05) is 20.1 Å². The van der Waals surface area contributed by atoms with Gasteiger partial charge in [0.15, 0.2) is 21.5 Å². The summed E-state index contributed by atoms with van der Waals surface area (Å²) in [5, 5.41) is 2.92. The zero-order chi connectivity index (χ0) is 13.3. The summed E-state index contributed by atoms with van der Waals surface area (Å²) < 4.78 is 36.0. The fourth-order valence-electron chi connectivity index (χ4n) is 1.83. The predicted molar refractivity (Wildman–Crippen MR) is 67.0 cm³/mol. The van der Waals surface area contributed by atoms with Gasteiger partial charge in [0.25, 0.3) is 0 Å². The van der Waals surface area contributed by atoms with Crippen molar-refractivity contribution < 1.29 is 12.8 Å². The number of hydrogen-bond donors (Lipinski definition) is 1. The Kier molecular flexibility index (Phi) is 3.38. The lowest BCUT2D eigenvalue weighted by atomic mass is 10.3. The molecule has 0 saturated carbocycles. The van der Waals surface area contributed by atoms with E-state index in [-0.39, 0.29) is 29.3 Å². The number of aromatic nitrogens is 2. The second-order valence-electron chi connectivity index (χ2n) is 4.50. The number of anilines is 2. The molecule has 0 aliphatic carbocycles. The highest BCUT2D eigenvalue weighted by atomic mass is 32.2. The minimum atomic E-state index is -2.95. The number of hydrogen-bond acceptors (Lipinski definition) is 6. The maximum atomic E-state index is 13.4. The monoisotopic (exact) mass is 274 g/mol. The third kappa shape index (κ3) is 2.87. The Morgan fingerprint density at radius 3 is 2.78 bits per heavy atom. The van der Waals surface area contributed by atoms with Gasteiger partial charge in [-0.3, -0.25) is 0 Å².